The van der Waals surface area contributed by atoms with Gasteiger partial charge in [-0.05, 0) is 49.4 Å². The van der Waals surface area contributed by atoms with Crippen molar-refractivity contribution in [3.63, 3.8) is 0 Å². The second-order valence-corrected chi connectivity index (χ2v) is 7.63. The highest BCUT2D eigenvalue weighted by molar-refractivity contribution is 5.95. The number of amides is 1. The van der Waals surface area contributed by atoms with Crippen LogP contribution in [0.25, 0.3) is 0 Å². The Kier molecular flexibility index (Phi) is 5.23. The van der Waals surface area contributed by atoms with Crippen LogP contribution in [0.1, 0.15) is 34.3 Å². The van der Waals surface area contributed by atoms with Crippen molar-refractivity contribution in [2.24, 2.45) is 5.92 Å². The van der Waals surface area contributed by atoms with Crippen LogP contribution < -0.4 is 0 Å². The summed E-state index contributed by atoms with van der Waals surface area (Å²) < 4.78 is 11.9. The molecule has 0 aliphatic carbocycles. The van der Waals surface area contributed by atoms with Crippen LogP contribution >= 0.6 is 0 Å². The van der Waals surface area contributed by atoms with Crippen molar-refractivity contribution in [1.29, 1.82) is 0 Å². The normalized spacial score (nSPS) is 20.6. The van der Waals surface area contributed by atoms with E-state index in [1.54, 1.807) is 6.20 Å². The summed E-state index contributed by atoms with van der Waals surface area (Å²) in [5, 5.41) is 0. The van der Waals surface area contributed by atoms with Gasteiger partial charge < -0.3 is 14.4 Å². The van der Waals surface area contributed by atoms with Crippen molar-refractivity contribution < 1.29 is 14.3 Å². The van der Waals surface area contributed by atoms with Gasteiger partial charge in [-0.25, -0.2) is 0 Å². The topological polar surface area (TPSA) is 51.7 Å². The van der Waals surface area contributed by atoms with Crippen molar-refractivity contribution in [2.45, 2.75) is 32.0 Å². The molecule has 2 fully saturated rings. The van der Waals surface area contributed by atoms with Crippen molar-refractivity contribution in [3.8, 4) is 0 Å². The van der Waals surface area contributed by atoms with Crippen molar-refractivity contribution in [3.05, 3.63) is 65.5 Å². The molecule has 4 rings (SSSR count). The molecule has 1 amide bonds. The Hall–Kier alpha value is -2.24. The maximum atomic E-state index is 12.6. The highest BCUT2D eigenvalue weighted by atomic mass is 16.5. The molecule has 2 aliphatic rings. The average molecular weight is 366 g/mol. The minimum Gasteiger partial charge on any atom is -0.377 e. The average Bonchev–Trinajstić information content (AvgIpc) is 3.09. The van der Waals surface area contributed by atoms with Crippen LogP contribution in [-0.4, -0.2) is 47.7 Å². The summed E-state index contributed by atoms with van der Waals surface area (Å²) in [5.41, 5.74) is 2.84. The molecule has 1 spiro atoms. The quantitative estimate of drug-likeness (QED) is 0.737. The highest BCUT2D eigenvalue weighted by Crippen LogP contribution is 2.42. The zero-order valence-electron chi connectivity index (χ0n) is 15.8. The van der Waals surface area contributed by atoms with E-state index in [2.05, 4.69) is 4.98 Å². The number of hydrogen-bond acceptors (Lipinski definition) is 4. The van der Waals surface area contributed by atoms with E-state index in [4.69, 9.17) is 9.47 Å². The van der Waals surface area contributed by atoms with Crippen LogP contribution in [0.15, 0.2) is 48.8 Å². The first-order chi connectivity index (χ1) is 13.2. The van der Waals surface area contributed by atoms with E-state index >= 15 is 0 Å². The number of pyridine rings is 1. The fraction of sp³-hybridized carbons (Fsp3) is 0.455. The molecule has 1 aromatic carbocycles. The van der Waals surface area contributed by atoms with Gasteiger partial charge in [0.2, 0.25) is 0 Å². The summed E-state index contributed by atoms with van der Waals surface area (Å²) in [7, 11) is 0. The Balaban J connectivity index is 1.26. The number of rotatable bonds is 6. The van der Waals surface area contributed by atoms with Gasteiger partial charge in [-0.3, -0.25) is 9.78 Å². The second kappa shape index (κ2) is 7.79. The molecule has 1 aromatic heterocycles. The fourth-order valence-electron chi connectivity index (χ4n) is 4.06. The monoisotopic (exact) mass is 366 g/mol. The zero-order valence-corrected chi connectivity index (χ0v) is 15.8. The van der Waals surface area contributed by atoms with E-state index in [9.17, 15) is 4.79 Å². The van der Waals surface area contributed by atoms with Gasteiger partial charge in [-0.15, -0.1) is 0 Å². The molecule has 2 aromatic rings. The number of hydrogen-bond donors (Lipinski definition) is 0. The lowest BCUT2D eigenvalue weighted by Crippen LogP contribution is -2.66. The molecular weight excluding hydrogens is 340 g/mol. The first-order valence-electron chi connectivity index (χ1n) is 9.63. The van der Waals surface area contributed by atoms with Gasteiger partial charge in [0.15, 0.2) is 0 Å². The first kappa shape index (κ1) is 18.1. The number of nitrogens with zero attached hydrogens (tertiary/aromatic N) is 2. The van der Waals surface area contributed by atoms with Gasteiger partial charge in [0.05, 0.1) is 19.7 Å². The van der Waals surface area contributed by atoms with Crippen LogP contribution in [0.4, 0.5) is 0 Å². The highest BCUT2D eigenvalue weighted by Gasteiger charge is 2.54. The molecule has 27 heavy (non-hydrogen) atoms. The lowest BCUT2D eigenvalue weighted by molar-refractivity contribution is -0.120. The third-order valence-corrected chi connectivity index (χ3v) is 5.70. The van der Waals surface area contributed by atoms with Crippen LogP contribution in [0.2, 0.25) is 0 Å². The Morgan fingerprint density at radius 3 is 2.85 bits per heavy atom. The minimum absolute atomic E-state index is 0.0997. The van der Waals surface area contributed by atoms with Crippen molar-refractivity contribution in [1.82, 2.24) is 9.88 Å². The molecule has 1 unspecified atom stereocenters. The third-order valence-electron chi connectivity index (χ3n) is 5.70. The van der Waals surface area contributed by atoms with Crippen LogP contribution in [0.5, 0.6) is 0 Å². The summed E-state index contributed by atoms with van der Waals surface area (Å²) >= 11 is 0. The van der Waals surface area contributed by atoms with Crippen LogP contribution in [0, 0.1) is 12.8 Å². The van der Waals surface area contributed by atoms with E-state index in [1.165, 1.54) is 0 Å². The molecule has 142 valence electrons. The van der Waals surface area contributed by atoms with E-state index in [1.807, 2.05) is 54.4 Å². The molecule has 0 bridgehead atoms. The number of benzene rings is 1. The van der Waals surface area contributed by atoms with Gasteiger partial charge >= 0.3 is 0 Å². The predicted octanol–water partition coefficient (Wildman–Crippen LogP) is 3.23. The van der Waals surface area contributed by atoms with E-state index in [0.29, 0.717) is 32.2 Å². The molecule has 1 atom stereocenters. The SMILES string of the molecule is Cc1ccc(C(=O)N2CC3(C2)OCCC3CCOCc2cccnc2)cc1. The van der Waals surface area contributed by atoms with E-state index in [0.717, 1.165) is 36.1 Å². The number of aryl methyl sites for hydroxylation is 1. The molecule has 5 nitrogen and oxygen atoms in total. The summed E-state index contributed by atoms with van der Waals surface area (Å²) in [6.45, 7) is 5.48. The summed E-state index contributed by atoms with van der Waals surface area (Å²) in [4.78, 5) is 18.6. The first-order valence-corrected chi connectivity index (χ1v) is 9.63. The molecule has 2 saturated heterocycles. The Labute approximate surface area is 160 Å². The molecule has 0 saturated carbocycles. The smallest absolute Gasteiger partial charge is 0.254 e. The Bertz CT molecular complexity index is 770. The van der Waals surface area contributed by atoms with Gasteiger partial charge in [-0.2, -0.15) is 0 Å². The van der Waals surface area contributed by atoms with Crippen LogP contribution in [-0.2, 0) is 16.1 Å². The summed E-state index contributed by atoms with van der Waals surface area (Å²) in [5.74, 6) is 0.552. The lowest BCUT2D eigenvalue weighted by Gasteiger charge is -2.50. The van der Waals surface area contributed by atoms with Crippen LogP contribution in [0.3, 0.4) is 0 Å². The number of likely N-dealkylation sites (tertiary alicyclic amines) is 1. The molecule has 0 radical (unpaired) electrons. The maximum absolute atomic E-state index is 12.6. The second-order valence-electron chi connectivity index (χ2n) is 7.63. The fourth-order valence-corrected chi connectivity index (χ4v) is 4.06. The molecule has 3 heterocycles. The van der Waals surface area contributed by atoms with Crippen molar-refractivity contribution >= 4 is 5.91 Å². The number of aromatic nitrogens is 1. The van der Waals surface area contributed by atoms with E-state index < -0.39 is 0 Å². The molecule has 0 N–H and O–H groups in total. The molecule has 2 aliphatic heterocycles. The predicted molar refractivity (Wildman–Crippen MR) is 102 cm³/mol. The number of ether oxygens (including phenoxy) is 2. The Morgan fingerprint density at radius 1 is 1.30 bits per heavy atom. The van der Waals surface area contributed by atoms with Gasteiger partial charge in [-0.1, -0.05) is 23.8 Å². The maximum Gasteiger partial charge on any atom is 0.254 e. The van der Waals surface area contributed by atoms with E-state index in [-0.39, 0.29) is 11.5 Å². The minimum atomic E-state index is -0.169. The number of carbonyl (C=O) groups excluding carboxylic acids is 1. The molecular formula is C22H26N2O3. The summed E-state index contributed by atoms with van der Waals surface area (Å²) in [6.07, 6.45) is 5.61. The van der Waals surface area contributed by atoms with Crippen molar-refractivity contribution in [2.75, 3.05) is 26.3 Å². The largest absolute Gasteiger partial charge is 0.377 e. The lowest BCUT2D eigenvalue weighted by atomic mass is 9.79. The standard InChI is InChI=1S/C22H26N2O3/c1-17-4-6-19(7-5-17)21(25)24-15-22(16-24)20(9-12-27-22)8-11-26-14-18-3-2-10-23-13-18/h2-7,10,13,20H,8-9,11-12,14-16H2,1H3. The molecule has 5 heteroatoms. The number of carbonyl (C=O) groups is 1. The summed E-state index contributed by atoms with van der Waals surface area (Å²) in [6, 6.07) is 11.7. The zero-order chi connectivity index (χ0) is 18.7. The Morgan fingerprint density at radius 2 is 2.11 bits per heavy atom. The third kappa shape index (κ3) is 3.89. The van der Waals surface area contributed by atoms with Gasteiger partial charge in [0.25, 0.3) is 5.91 Å². The van der Waals surface area contributed by atoms with Gasteiger partial charge in [0, 0.05) is 31.2 Å². The van der Waals surface area contributed by atoms with Gasteiger partial charge in [0.1, 0.15) is 5.60 Å².